The fourth-order valence-corrected chi connectivity index (χ4v) is 4.46. The van der Waals surface area contributed by atoms with Gasteiger partial charge in [0.1, 0.15) is 17.2 Å². The number of hydrogen-bond donors (Lipinski definition) is 1. The highest BCUT2D eigenvalue weighted by Gasteiger charge is 2.43. The van der Waals surface area contributed by atoms with Gasteiger partial charge in [0.25, 0.3) is 5.91 Å². The van der Waals surface area contributed by atoms with E-state index in [0.29, 0.717) is 29.2 Å². The van der Waals surface area contributed by atoms with Crippen molar-refractivity contribution in [3.8, 4) is 22.8 Å². The number of carbonyl (C=O) groups is 2. The molecule has 8 nitrogen and oxygen atoms in total. The number of hydrogen-bond acceptors (Lipinski definition) is 6. The highest BCUT2D eigenvalue weighted by atomic mass is 16.5. The Balaban J connectivity index is 1.61. The van der Waals surface area contributed by atoms with Gasteiger partial charge in [-0.15, -0.1) is 0 Å². The van der Waals surface area contributed by atoms with Crippen molar-refractivity contribution in [2.75, 3.05) is 25.7 Å². The standard InChI is InChI=1S/C28H25N3O5/c1-4-36-28(33)19-5-11-20(12-6-19)31-26(18-9-15-22(35-3)16-10-18)23-24(29-30-25(23)27(31)32)17-7-13-21(34-2)14-8-17/h5-16,26H,4H2,1-3H3,(H,29,30)/t26-/m0/s1. The summed E-state index contributed by atoms with van der Waals surface area (Å²) < 4.78 is 15.7. The van der Waals surface area contributed by atoms with Gasteiger partial charge in [-0.1, -0.05) is 12.1 Å². The Hall–Kier alpha value is -4.59. The second-order valence-corrected chi connectivity index (χ2v) is 8.21. The van der Waals surface area contributed by atoms with Crippen molar-refractivity contribution in [2.24, 2.45) is 0 Å². The number of anilines is 1. The number of nitrogens with one attached hydrogen (secondary N) is 1. The maximum atomic E-state index is 13.7. The Bertz CT molecular complexity index is 1390. The van der Waals surface area contributed by atoms with Gasteiger partial charge in [-0.3, -0.25) is 14.8 Å². The van der Waals surface area contributed by atoms with Crippen LogP contribution < -0.4 is 14.4 Å². The highest BCUT2D eigenvalue weighted by molar-refractivity contribution is 6.12. The number of fused-ring (bicyclic) bond motifs is 1. The number of nitrogens with zero attached hydrogens (tertiary/aromatic N) is 2. The van der Waals surface area contributed by atoms with Crippen LogP contribution in [0.4, 0.5) is 5.69 Å². The Kier molecular flexibility index (Phi) is 6.16. The largest absolute Gasteiger partial charge is 0.497 e. The molecule has 182 valence electrons. The third-order valence-electron chi connectivity index (χ3n) is 6.22. The lowest BCUT2D eigenvalue weighted by Gasteiger charge is -2.26. The minimum absolute atomic E-state index is 0.207. The van der Waals surface area contributed by atoms with Crippen molar-refractivity contribution in [3.05, 3.63) is 95.2 Å². The first kappa shape index (κ1) is 23.2. The van der Waals surface area contributed by atoms with Gasteiger partial charge in [-0.05, 0) is 73.2 Å². The molecule has 0 saturated heterocycles. The maximum Gasteiger partial charge on any atom is 0.338 e. The average molecular weight is 484 g/mol. The summed E-state index contributed by atoms with van der Waals surface area (Å²) in [5.74, 6) is 0.843. The molecule has 5 rings (SSSR count). The predicted octanol–water partition coefficient (Wildman–Crippen LogP) is 5.02. The van der Waals surface area contributed by atoms with Crippen molar-refractivity contribution in [2.45, 2.75) is 13.0 Å². The smallest absolute Gasteiger partial charge is 0.338 e. The van der Waals surface area contributed by atoms with Crippen molar-refractivity contribution >= 4 is 17.6 Å². The molecule has 0 radical (unpaired) electrons. The first-order valence-corrected chi connectivity index (χ1v) is 11.5. The molecule has 8 heteroatoms. The Labute approximate surface area is 208 Å². The van der Waals surface area contributed by atoms with E-state index >= 15 is 0 Å². The molecular weight excluding hydrogens is 458 g/mol. The van der Waals surface area contributed by atoms with Crippen LogP contribution in [-0.2, 0) is 4.74 Å². The first-order chi connectivity index (χ1) is 17.5. The molecule has 0 fully saturated rings. The molecule has 1 aliphatic heterocycles. The fraction of sp³-hybridized carbons (Fsp3) is 0.179. The molecule has 0 saturated carbocycles. The second-order valence-electron chi connectivity index (χ2n) is 8.21. The minimum atomic E-state index is -0.442. The summed E-state index contributed by atoms with van der Waals surface area (Å²) in [4.78, 5) is 27.5. The number of aromatic nitrogens is 2. The van der Waals surface area contributed by atoms with E-state index < -0.39 is 12.0 Å². The Morgan fingerprint density at radius 3 is 2.11 bits per heavy atom. The molecule has 4 aromatic rings. The summed E-state index contributed by atoms with van der Waals surface area (Å²) in [5.41, 5.74) is 4.73. The molecule has 0 bridgehead atoms. The van der Waals surface area contributed by atoms with Gasteiger partial charge in [-0.2, -0.15) is 5.10 Å². The van der Waals surface area contributed by atoms with Crippen LogP contribution in [0.1, 0.15) is 44.9 Å². The van der Waals surface area contributed by atoms with E-state index in [2.05, 4.69) is 10.2 Å². The van der Waals surface area contributed by atoms with Crippen LogP contribution in [0.25, 0.3) is 11.3 Å². The molecule has 1 atom stereocenters. The number of esters is 1. The summed E-state index contributed by atoms with van der Waals surface area (Å²) in [5, 5.41) is 7.47. The average Bonchev–Trinajstić information content (AvgIpc) is 3.48. The molecule has 3 aromatic carbocycles. The third kappa shape index (κ3) is 3.96. The van der Waals surface area contributed by atoms with E-state index in [1.165, 1.54) is 0 Å². The predicted molar refractivity (Wildman–Crippen MR) is 135 cm³/mol. The van der Waals surface area contributed by atoms with E-state index in [4.69, 9.17) is 14.2 Å². The van der Waals surface area contributed by atoms with E-state index in [0.717, 1.165) is 28.2 Å². The summed E-state index contributed by atoms with van der Waals surface area (Å²) in [6, 6.07) is 21.6. The van der Waals surface area contributed by atoms with Crippen LogP contribution in [0.3, 0.4) is 0 Å². The third-order valence-corrected chi connectivity index (χ3v) is 6.22. The highest BCUT2D eigenvalue weighted by Crippen LogP contribution is 2.45. The monoisotopic (exact) mass is 483 g/mol. The molecule has 1 N–H and O–H groups in total. The zero-order valence-corrected chi connectivity index (χ0v) is 20.1. The van der Waals surface area contributed by atoms with Gasteiger partial charge in [0.2, 0.25) is 0 Å². The summed E-state index contributed by atoms with van der Waals surface area (Å²) in [7, 11) is 3.23. The van der Waals surface area contributed by atoms with Crippen LogP contribution >= 0.6 is 0 Å². The normalized spacial score (nSPS) is 14.5. The van der Waals surface area contributed by atoms with Crippen molar-refractivity contribution in [1.82, 2.24) is 10.2 Å². The number of amides is 1. The number of H-pyrrole nitrogens is 1. The molecule has 1 amide bonds. The number of methoxy groups -OCH3 is 2. The summed E-state index contributed by atoms with van der Waals surface area (Å²) in [6.45, 7) is 2.05. The zero-order chi connectivity index (χ0) is 25.2. The molecule has 2 heterocycles. The van der Waals surface area contributed by atoms with E-state index in [1.807, 2.05) is 48.5 Å². The van der Waals surface area contributed by atoms with Crippen LogP contribution in [0.5, 0.6) is 11.5 Å². The topological polar surface area (TPSA) is 93.8 Å². The van der Waals surface area contributed by atoms with Crippen LogP contribution in [0.15, 0.2) is 72.8 Å². The van der Waals surface area contributed by atoms with Crippen molar-refractivity contribution < 1.29 is 23.8 Å². The van der Waals surface area contributed by atoms with Gasteiger partial charge in [-0.25, -0.2) is 4.79 Å². The van der Waals surface area contributed by atoms with E-state index in [1.54, 1.807) is 50.3 Å². The number of benzene rings is 3. The van der Waals surface area contributed by atoms with E-state index in [9.17, 15) is 9.59 Å². The molecular formula is C28H25N3O5. The molecule has 1 aliphatic rings. The maximum absolute atomic E-state index is 13.7. The zero-order valence-electron chi connectivity index (χ0n) is 20.1. The van der Waals surface area contributed by atoms with Gasteiger partial charge in [0.05, 0.1) is 38.1 Å². The minimum Gasteiger partial charge on any atom is -0.497 e. The first-order valence-electron chi connectivity index (χ1n) is 11.5. The summed E-state index contributed by atoms with van der Waals surface area (Å²) >= 11 is 0. The van der Waals surface area contributed by atoms with Crippen LogP contribution in [0, 0.1) is 0 Å². The molecule has 0 spiro atoms. The Morgan fingerprint density at radius 2 is 1.53 bits per heavy atom. The molecule has 0 unspecified atom stereocenters. The second kappa shape index (κ2) is 9.58. The SMILES string of the molecule is CCOC(=O)c1ccc(N2C(=O)c3[nH]nc(-c4ccc(OC)cc4)c3[C@@H]2c2ccc(OC)cc2)cc1. The molecule has 36 heavy (non-hydrogen) atoms. The summed E-state index contributed by atoms with van der Waals surface area (Å²) in [6.07, 6.45) is 0. The van der Waals surface area contributed by atoms with Crippen LogP contribution in [-0.4, -0.2) is 42.9 Å². The lowest BCUT2D eigenvalue weighted by atomic mass is 9.95. The number of ether oxygens (including phenoxy) is 3. The lowest BCUT2D eigenvalue weighted by Crippen LogP contribution is -2.29. The van der Waals surface area contributed by atoms with Gasteiger partial charge in [0, 0.05) is 16.8 Å². The van der Waals surface area contributed by atoms with Gasteiger partial charge >= 0.3 is 5.97 Å². The van der Waals surface area contributed by atoms with Gasteiger partial charge in [0.15, 0.2) is 0 Å². The molecule has 0 aliphatic carbocycles. The van der Waals surface area contributed by atoms with E-state index in [-0.39, 0.29) is 5.91 Å². The van der Waals surface area contributed by atoms with Gasteiger partial charge < -0.3 is 14.2 Å². The fourth-order valence-electron chi connectivity index (χ4n) is 4.46. The van der Waals surface area contributed by atoms with Crippen LogP contribution in [0.2, 0.25) is 0 Å². The van der Waals surface area contributed by atoms with Crippen molar-refractivity contribution in [1.29, 1.82) is 0 Å². The lowest BCUT2D eigenvalue weighted by molar-refractivity contribution is 0.0526. The number of rotatable bonds is 7. The Morgan fingerprint density at radius 1 is 0.917 bits per heavy atom. The molecule has 1 aromatic heterocycles. The van der Waals surface area contributed by atoms with Crippen molar-refractivity contribution in [3.63, 3.8) is 0 Å². The number of aromatic amines is 1. The quantitative estimate of drug-likeness (QED) is 0.371. The number of carbonyl (C=O) groups excluding carboxylic acids is 2.